The largest absolute Gasteiger partial charge is 0.302 e. The van der Waals surface area contributed by atoms with Crippen molar-refractivity contribution in [3.63, 3.8) is 0 Å². The third-order valence-electron chi connectivity index (χ3n) is 1.79. The molecule has 0 saturated heterocycles. The molecule has 0 aliphatic rings. The first-order chi connectivity index (χ1) is 6.24. The van der Waals surface area contributed by atoms with Gasteiger partial charge in [0.25, 0.3) is 0 Å². The number of thioether (sulfide) groups is 1. The Morgan fingerprint density at radius 1 is 1.54 bits per heavy atom. The predicted octanol–water partition coefficient (Wildman–Crippen LogP) is 2.34. The molecule has 0 aromatic heterocycles. The van der Waals surface area contributed by atoms with Gasteiger partial charge in [0.05, 0.1) is 6.04 Å². The molecular weight excluding hydrogens is 202 g/mol. The third-order valence-corrected chi connectivity index (χ3v) is 3.61. The smallest absolute Gasteiger partial charge is 0.137 e. The van der Waals surface area contributed by atoms with Gasteiger partial charge >= 0.3 is 0 Å². The van der Waals surface area contributed by atoms with Crippen LogP contribution in [0.3, 0.4) is 0 Å². The topological polar surface area (TPSA) is 29.1 Å². The SMILES string of the molecule is CCC(C)SN[C@H](C=O)CCSC. The summed E-state index contributed by atoms with van der Waals surface area (Å²) < 4.78 is 3.19. The summed E-state index contributed by atoms with van der Waals surface area (Å²) in [6.45, 7) is 4.31. The molecular formula is C9H19NOS2. The summed E-state index contributed by atoms with van der Waals surface area (Å²) in [5.74, 6) is 1.04. The Hall–Kier alpha value is 0.330. The summed E-state index contributed by atoms with van der Waals surface area (Å²) in [4.78, 5) is 10.6. The zero-order chi connectivity index (χ0) is 10.1. The normalized spacial score (nSPS) is 15.3. The Labute approximate surface area is 89.8 Å². The predicted molar refractivity (Wildman–Crippen MR) is 63.3 cm³/mol. The second-order valence-corrected chi connectivity index (χ2v) is 5.24. The molecule has 4 heteroatoms. The van der Waals surface area contributed by atoms with Gasteiger partial charge in [-0.1, -0.05) is 25.8 Å². The maximum atomic E-state index is 10.6. The number of carbonyl (C=O) groups is 1. The Morgan fingerprint density at radius 2 is 2.23 bits per heavy atom. The van der Waals surface area contributed by atoms with Crippen LogP contribution in [-0.2, 0) is 4.79 Å². The molecule has 0 rings (SSSR count). The first kappa shape index (κ1) is 13.3. The Kier molecular flexibility index (Phi) is 9.13. The van der Waals surface area contributed by atoms with Crippen molar-refractivity contribution in [3.8, 4) is 0 Å². The van der Waals surface area contributed by atoms with E-state index in [4.69, 9.17) is 0 Å². The van der Waals surface area contributed by atoms with Gasteiger partial charge in [0.15, 0.2) is 0 Å². The summed E-state index contributed by atoms with van der Waals surface area (Å²) >= 11 is 3.45. The molecule has 0 heterocycles. The molecule has 0 radical (unpaired) electrons. The molecule has 13 heavy (non-hydrogen) atoms. The van der Waals surface area contributed by atoms with Gasteiger partial charge in [0.1, 0.15) is 6.29 Å². The van der Waals surface area contributed by atoms with Gasteiger partial charge in [-0.15, -0.1) is 0 Å². The van der Waals surface area contributed by atoms with Gasteiger partial charge in [0.2, 0.25) is 0 Å². The van der Waals surface area contributed by atoms with Crippen LogP contribution in [0.25, 0.3) is 0 Å². The number of carbonyl (C=O) groups excluding carboxylic acids is 1. The second kappa shape index (κ2) is 8.91. The summed E-state index contributed by atoms with van der Waals surface area (Å²) in [7, 11) is 0. The van der Waals surface area contributed by atoms with Crippen LogP contribution in [0.1, 0.15) is 26.7 Å². The molecule has 0 spiro atoms. The molecule has 0 aromatic carbocycles. The van der Waals surface area contributed by atoms with Crippen molar-refractivity contribution >= 4 is 30.0 Å². The fraction of sp³-hybridized carbons (Fsp3) is 0.889. The zero-order valence-corrected chi connectivity index (χ0v) is 10.2. The molecule has 0 aromatic rings. The lowest BCUT2D eigenvalue weighted by molar-refractivity contribution is -0.109. The fourth-order valence-electron chi connectivity index (χ4n) is 0.686. The highest BCUT2D eigenvalue weighted by atomic mass is 32.2. The summed E-state index contributed by atoms with van der Waals surface area (Å²) in [6, 6.07) is 0.0199. The fourth-order valence-corrected chi connectivity index (χ4v) is 1.92. The molecule has 78 valence electrons. The molecule has 0 amide bonds. The molecule has 0 aliphatic carbocycles. The van der Waals surface area contributed by atoms with Crippen molar-refractivity contribution in [2.45, 2.75) is 38.0 Å². The zero-order valence-electron chi connectivity index (χ0n) is 8.58. The average molecular weight is 221 g/mol. The van der Waals surface area contributed by atoms with E-state index in [9.17, 15) is 4.79 Å². The third kappa shape index (κ3) is 7.40. The van der Waals surface area contributed by atoms with Crippen molar-refractivity contribution in [2.24, 2.45) is 0 Å². The van der Waals surface area contributed by atoms with Gasteiger partial charge in [0, 0.05) is 5.25 Å². The van der Waals surface area contributed by atoms with Gasteiger partial charge in [-0.3, -0.25) is 4.72 Å². The maximum Gasteiger partial charge on any atom is 0.137 e. The first-order valence-electron chi connectivity index (χ1n) is 4.60. The minimum Gasteiger partial charge on any atom is -0.302 e. The Balaban J connectivity index is 3.52. The first-order valence-corrected chi connectivity index (χ1v) is 6.87. The molecule has 0 saturated carbocycles. The van der Waals surface area contributed by atoms with Crippen LogP contribution in [0.5, 0.6) is 0 Å². The van der Waals surface area contributed by atoms with Crippen molar-refractivity contribution in [3.05, 3.63) is 0 Å². The van der Waals surface area contributed by atoms with E-state index in [0.29, 0.717) is 5.25 Å². The van der Waals surface area contributed by atoms with Crippen LogP contribution in [0.4, 0.5) is 0 Å². The lowest BCUT2D eigenvalue weighted by Crippen LogP contribution is -2.27. The van der Waals surface area contributed by atoms with E-state index in [1.807, 2.05) is 0 Å². The van der Waals surface area contributed by atoms with Gasteiger partial charge in [-0.05, 0) is 24.9 Å². The number of hydrogen-bond donors (Lipinski definition) is 1. The molecule has 1 N–H and O–H groups in total. The van der Waals surface area contributed by atoms with Crippen LogP contribution in [0, 0.1) is 0 Å². The van der Waals surface area contributed by atoms with Crippen LogP contribution in [0.2, 0.25) is 0 Å². The molecule has 2 nitrogen and oxygen atoms in total. The van der Waals surface area contributed by atoms with E-state index >= 15 is 0 Å². The minimum atomic E-state index is 0.0199. The standard InChI is InChI=1S/C9H19NOS2/c1-4-8(2)13-10-9(7-11)5-6-12-3/h7-10H,4-6H2,1-3H3/t8?,9-/m0/s1. The summed E-state index contributed by atoms with van der Waals surface area (Å²) in [6.07, 6.45) is 5.12. The summed E-state index contributed by atoms with van der Waals surface area (Å²) in [5, 5.41) is 0.580. The van der Waals surface area contributed by atoms with Gasteiger partial charge in [-0.25, -0.2) is 0 Å². The van der Waals surface area contributed by atoms with Crippen molar-refractivity contribution in [1.29, 1.82) is 0 Å². The molecule has 0 aliphatic heterocycles. The number of rotatable bonds is 8. The lowest BCUT2D eigenvalue weighted by atomic mass is 10.3. The van der Waals surface area contributed by atoms with E-state index in [1.165, 1.54) is 0 Å². The van der Waals surface area contributed by atoms with E-state index in [1.54, 1.807) is 23.7 Å². The number of aldehydes is 1. The average Bonchev–Trinajstić information content (AvgIpc) is 2.17. The van der Waals surface area contributed by atoms with E-state index in [2.05, 4.69) is 24.8 Å². The quantitative estimate of drug-likeness (QED) is 0.503. The van der Waals surface area contributed by atoms with Crippen LogP contribution in [-0.4, -0.2) is 29.6 Å². The molecule has 1 unspecified atom stereocenters. The van der Waals surface area contributed by atoms with Crippen molar-refractivity contribution < 1.29 is 4.79 Å². The highest BCUT2D eigenvalue weighted by molar-refractivity contribution is 7.98. The summed E-state index contributed by atoms with van der Waals surface area (Å²) in [5.41, 5.74) is 0. The Bertz CT molecular complexity index is 133. The monoisotopic (exact) mass is 221 g/mol. The minimum absolute atomic E-state index is 0.0199. The van der Waals surface area contributed by atoms with Crippen LogP contribution in [0.15, 0.2) is 0 Å². The molecule has 0 fully saturated rings. The number of nitrogens with one attached hydrogen (secondary N) is 1. The van der Waals surface area contributed by atoms with Crippen LogP contribution < -0.4 is 4.72 Å². The number of hydrogen-bond acceptors (Lipinski definition) is 4. The molecule has 2 atom stereocenters. The van der Waals surface area contributed by atoms with E-state index < -0.39 is 0 Å². The van der Waals surface area contributed by atoms with Crippen LogP contribution >= 0.6 is 23.7 Å². The van der Waals surface area contributed by atoms with Crippen molar-refractivity contribution in [1.82, 2.24) is 4.72 Å². The van der Waals surface area contributed by atoms with E-state index in [0.717, 1.165) is 24.9 Å². The highest BCUT2D eigenvalue weighted by Crippen LogP contribution is 2.11. The molecule has 0 bridgehead atoms. The second-order valence-electron chi connectivity index (χ2n) is 2.98. The van der Waals surface area contributed by atoms with E-state index in [-0.39, 0.29) is 6.04 Å². The highest BCUT2D eigenvalue weighted by Gasteiger charge is 2.07. The van der Waals surface area contributed by atoms with Gasteiger partial charge < -0.3 is 4.79 Å². The van der Waals surface area contributed by atoms with Gasteiger partial charge in [-0.2, -0.15) is 11.8 Å². The maximum absolute atomic E-state index is 10.6. The Morgan fingerprint density at radius 3 is 2.69 bits per heavy atom. The van der Waals surface area contributed by atoms with Crippen molar-refractivity contribution in [2.75, 3.05) is 12.0 Å². The lowest BCUT2D eigenvalue weighted by Gasteiger charge is -2.14.